The van der Waals surface area contributed by atoms with Crippen molar-refractivity contribution in [2.75, 3.05) is 0 Å². The van der Waals surface area contributed by atoms with Gasteiger partial charge in [-0.3, -0.25) is 0 Å². The highest BCUT2D eigenvalue weighted by Gasteiger charge is 2.51. The first kappa shape index (κ1) is 21.0. The summed E-state index contributed by atoms with van der Waals surface area (Å²) in [5, 5.41) is 45.2. The molecule has 1 aliphatic carbocycles. The van der Waals surface area contributed by atoms with Gasteiger partial charge in [-0.1, -0.05) is 24.3 Å². The summed E-state index contributed by atoms with van der Waals surface area (Å²) in [7, 11) is 0. The molecule has 8 rings (SSSR count). The van der Waals surface area contributed by atoms with Crippen LogP contribution in [-0.4, -0.2) is 20.4 Å². The minimum absolute atomic E-state index is 0.145. The Bertz CT molecular complexity index is 1860. The Morgan fingerprint density at radius 3 is 1.29 bits per heavy atom. The van der Waals surface area contributed by atoms with E-state index in [4.69, 9.17) is 4.74 Å². The molecule has 0 radical (unpaired) electrons. The molecular formula is C33H20O5. The summed E-state index contributed by atoms with van der Waals surface area (Å²) < 4.78 is 6.56. The van der Waals surface area contributed by atoms with E-state index in [0.29, 0.717) is 11.5 Å². The highest BCUT2D eigenvalue weighted by molar-refractivity contribution is 5.96. The second-order valence-electron chi connectivity index (χ2n) is 10.1. The van der Waals surface area contributed by atoms with E-state index in [1.165, 1.54) is 0 Å². The van der Waals surface area contributed by atoms with E-state index in [1.54, 1.807) is 48.5 Å². The molecule has 5 nitrogen and oxygen atoms in total. The molecule has 0 atom stereocenters. The normalized spacial score (nSPS) is 14.1. The molecule has 1 aliphatic heterocycles. The number of phenols is 4. The maximum absolute atomic E-state index is 10.7. The molecule has 0 bridgehead atoms. The highest BCUT2D eigenvalue weighted by Crippen LogP contribution is 2.63. The number of aromatic hydroxyl groups is 4. The average Bonchev–Trinajstić information content (AvgIpc) is 3.16. The van der Waals surface area contributed by atoms with Crippen LogP contribution in [0.2, 0.25) is 0 Å². The van der Waals surface area contributed by atoms with Crippen LogP contribution in [0.15, 0.2) is 97.1 Å². The van der Waals surface area contributed by atoms with Gasteiger partial charge >= 0.3 is 0 Å². The Kier molecular flexibility index (Phi) is 3.86. The Balaban J connectivity index is 1.60. The van der Waals surface area contributed by atoms with Gasteiger partial charge in [0, 0.05) is 11.1 Å². The van der Waals surface area contributed by atoms with Crippen LogP contribution in [0.5, 0.6) is 34.5 Å². The predicted molar refractivity (Wildman–Crippen MR) is 145 cm³/mol. The van der Waals surface area contributed by atoms with E-state index < -0.39 is 5.41 Å². The molecule has 0 aromatic heterocycles. The molecule has 0 amide bonds. The lowest BCUT2D eigenvalue weighted by Crippen LogP contribution is -2.32. The van der Waals surface area contributed by atoms with Gasteiger partial charge in [0.15, 0.2) is 0 Å². The molecule has 0 saturated heterocycles. The number of rotatable bonds is 0. The summed E-state index contributed by atoms with van der Waals surface area (Å²) in [6.45, 7) is 0. The number of fused-ring (bicyclic) bond motifs is 11. The van der Waals surface area contributed by atoms with Crippen molar-refractivity contribution in [2.45, 2.75) is 5.41 Å². The lowest BCUT2D eigenvalue weighted by Gasteiger charge is -2.40. The third kappa shape index (κ3) is 2.60. The van der Waals surface area contributed by atoms with E-state index >= 15 is 0 Å². The first-order valence-electron chi connectivity index (χ1n) is 12.3. The fraction of sp³-hybridized carbons (Fsp3) is 0.0303. The topological polar surface area (TPSA) is 90.2 Å². The van der Waals surface area contributed by atoms with Gasteiger partial charge in [0.25, 0.3) is 0 Å². The summed E-state index contributed by atoms with van der Waals surface area (Å²) >= 11 is 0. The Morgan fingerprint density at radius 1 is 0.395 bits per heavy atom. The largest absolute Gasteiger partial charge is 0.508 e. The van der Waals surface area contributed by atoms with Crippen LogP contribution in [0.1, 0.15) is 22.3 Å². The minimum Gasteiger partial charge on any atom is -0.508 e. The molecule has 1 spiro atoms. The molecule has 6 aromatic carbocycles. The van der Waals surface area contributed by atoms with Crippen LogP contribution in [0.3, 0.4) is 0 Å². The lowest BCUT2D eigenvalue weighted by atomic mass is 9.65. The standard InChI is InChI=1S/C33H20O5/c34-21-3-1-17-11-29-31(13-19(17)9-21)38-32-14-20-10-22(35)4-2-18(20)12-30(32)33(29)27-15-23(36)5-7-25(27)26-8-6-24(37)16-28(26)33/h1-16,34-37H. The van der Waals surface area contributed by atoms with Crippen molar-refractivity contribution in [1.29, 1.82) is 0 Å². The smallest absolute Gasteiger partial charge is 0.132 e. The third-order valence-corrected chi connectivity index (χ3v) is 7.98. The molecule has 1 heterocycles. The SMILES string of the molecule is Oc1ccc2c(c1)C1(c3cc4ccc(O)cc4cc3Oc3cc4cc(O)ccc4cc31)c1cc(O)ccc1-2. The zero-order valence-corrected chi connectivity index (χ0v) is 19.9. The summed E-state index contributed by atoms with van der Waals surface area (Å²) in [4.78, 5) is 0. The molecule has 182 valence electrons. The maximum Gasteiger partial charge on any atom is 0.132 e. The summed E-state index contributed by atoms with van der Waals surface area (Å²) in [5.74, 6) is 1.84. The van der Waals surface area contributed by atoms with Gasteiger partial charge in [-0.05, 0) is 117 Å². The van der Waals surface area contributed by atoms with Gasteiger partial charge in [-0.2, -0.15) is 0 Å². The van der Waals surface area contributed by atoms with E-state index in [0.717, 1.165) is 54.9 Å². The van der Waals surface area contributed by atoms with Gasteiger partial charge in [0.2, 0.25) is 0 Å². The zero-order valence-electron chi connectivity index (χ0n) is 19.9. The Morgan fingerprint density at radius 2 is 0.816 bits per heavy atom. The minimum atomic E-state index is -0.900. The van der Waals surface area contributed by atoms with E-state index in [2.05, 4.69) is 12.1 Å². The van der Waals surface area contributed by atoms with Gasteiger partial charge in [-0.15, -0.1) is 0 Å². The second kappa shape index (κ2) is 6.99. The van der Waals surface area contributed by atoms with Crippen molar-refractivity contribution in [3.63, 3.8) is 0 Å². The first-order valence-corrected chi connectivity index (χ1v) is 12.3. The molecule has 6 aromatic rings. The molecule has 0 unspecified atom stereocenters. The molecule has 2 aliphatic rings. The fourth-order valence-electron chi connectivity index (χ4n) is 6.43. The second-order valence-corrected chi connectivity index (χ2v) is 10.1. The Labute approximate surface area is 217 Å². The van der Waals surface area contributed by atoms with Crippen molar-refractivity contribution in [1.82, 2.24) is 0 Å². The molecule has 0 saturated carbocycles. The number of ether oxygens (including phenoxy) is 1. The van der Waals surface area contributed by atoms with Crippen LogP contribution >= 0.6 is 0 Å². The summed E-state index contributed by atoms with van der Waals surface area (Å²) in [6.07, 6.45) is 0. The molecular weight excluding hydrogens is 476 g/mol. The third-order valence-electron chi connectivity index (χ3n) is 7.98. The zero-order chi connectivity index (χ0) is 25.8. The van der Waals surface area contributed by atoms with E-state index in [1.807, 2.05) is 36.4 Å². The number of benzene rings is 6. The Hall–Kier alpha value is -5.16. The quantitative estimate of drug-likeness (QED) is 0.177. The predicted octanol–water partition coefficient (Wildman–Crippen LogP) is 7.28. The fourth-order valence-corrected chi connectivity index (χ4v) is 6.43. The van der Waals surface area contributed by atoms with Crippen LogP contribution in [0, 0.1) is 0 Å². The molecule has 4 N–H and O–H groups in total. The van der Waals surface area contributed by atoms with Crippen molar-refractivity contribution in [3.8, 4) is 45.6 Å². The monoisotopic (exact) mass is 496 g/mol. The van der Waals surface area contributed by atoms with Crippen LogP contribution in [0.4, 0.5) is 0 Å². The average molecular weight is 497 g/mol. The van der Waals surface area contributed by atoms with Crippen LogP contribution < -0.4 is 4.74 Å². The maximum atomic E-state index is 10.7. The van der Waals surface area contributed by atoms with E-state index in [-0.39, 0.29) is 23.0 Å². The molecule has 38 heavy (non-hydrogen) atoms. The number of hydrogen-bond acceptors (Lipinski definition) is 5. The lowest BCUT2D eigenvalue weighted by molar-refractivity contribution is 0.435. The number of phenolic OH excluding ortho intramolecular Hbond substituents is 4. The van der Waals surface area contributed by atoms with Gasteiger partial charge < -0.3 is 25.2 Å². The van der Waals surface area contributed by atoms with E-state index in [9.17, 15) is 20.4 Å². The van der Waals surface area contributed by atoms with Gasteiger partial charge in [0.1, 0.15) is 34.5 Å². The van der Waals surface area contributed by atoms with Crippen LogP contribution in [-0.2, 0) is 5.41 Å². The van der Waals surface area contributed by atoms with Gasteiger partial charge in [-0.25, -0.2) is 0 Å². The van der Waals surface area contributed by atoms with Crippen LogP contribution in [0.25, 0.3) is 32.7 Å². The van der Waals surface area contributed by atoms with Crippen molar-refractivity contribution >= 4 is 21.5 Å². The van der Waals surface area contributed by atoms with Crippen molar-refractivity contribution in [3.05, 3.63) is 119 Å². The summed E-state index contributed by atoms with van der Waals surface area (Å²) in [6, 6.07) is 29.3. The molecule has 0 fully saturated rings. The van der Waals surface area contributed by atoms with Crippen molar-refractivity contribution in [2.24, 2.45) is 0 Å². The summed E-state index contributed by atoms with van der Waals surface area (Å²) in [5.41, 5.74) is 4.56. The number of hydrogen-bond donors (Lipinski definition) is 4. The molecule has 5 heteroatoms. The first-order chi connectivity index (χ1) is 18.4. The van der Waals surface area contributed by atoms with Crippen molar-refractivity contribution < 1.29 is 25.2 Å². The highest BCUT2D eigenvalue weighted by atomic mass is 16.5. The van der Waals surface area contributed by atoms with Gasteiger partial charge in [0.05, 0.1) is 5.41 Å².